The zero-order valence-corrected chi connectivity index (χ0v) is 17.0. The molecule has 1 N–H and O–H groups in total. The number of para-hydroxylation sites is 1. The molecule has 0 radical (unpaired) electrons. The summed E-state index contributed by atoms with van der Waals surface area (Å²) in [5.74, 6) is -1.25. The Morgan fingerprint density at radius 2 is 1.97 bits per heavy atom. The van der Waals surface area contributed by atoms with Gasteiger partial charge in [0.15, 0.2) is 6.61 Å². The predicted molar refractivity (Wildman–Crippen MR) is 113 cm³/mol. The molecule has 30 heavy (non-hydrogen) atoms. The molecule has 0 spiro atoms. The number of nitrogens with zero attached hydrogens (tertiary/aromatic N) is 2. The highest BCUT2D eigenvalue weighted by molar-refractivity contribution is 6.34. The lowest BCUT2D eigenvalue weighted by atomic mass is 10.0. The van der Waals surface area contributed by atoms with Crippen molar-refractivity contribution in [3.63, 3.8) is 0 Å². The number of ether oxygens (including phenoxy) is 1. The molecule has 3 rings (SSSR count). The molecule has 1 heterocycles. The second-order valence-corrected chi connectivity index (χ2v) is 6.88. The van der Waals surface area contributed by atoms with E-state index in [1.807, 2.05) is 19.1 Å². The van der Waals surface area contributed by atoms with Gasteiger partial charge in [-0.1, -0.05) is 36.7 Å². The Bertz CT molecular complexity index is 1160. The smallest absolute Gasteiger partial charge is 0.339 e. The zero-order valence-electron chi connectivity index (χ0n) is 16.3. The topological polar surface area (TPSA) is 111 Å². The van der Waals surface area contributed by atoms with Gasteiger partial charge in [0.25, 0.3) is 11.6 Å². The number of carbonyl (C=O) groups is 2. The summed E-state index contributed by atoms with van der Waals surface area (Å²) in [6.07, 6.45) is 0.649. The van der Waals surface area contributed by atoms with Gasteiger partial charge in [0.05, 0.1) is 26.7 Å². The molecule has 0 atom stereocenters. The number of carbonyl (C=O) groups excluding carboxylic acids is 2. The summed E-state index contributed by atoms with van der Waals surface area (Å²) in [6, 6.07) is 10.9. The first-order chi connectivity index (χ1) is 14.3. The summed E-state index contributed by atoms with van der Waals surface area (Å²) in [5.41, 5.74) is 2.52. The van der Waals surface area contributed by atoms with E-state index in [1.54, 1.807) is 19.1 Å². The van der Waals surface area contributed by atoms with Crippen LogP contribution in [0.5, 0.6) is 0 Å². The van der Waals surface area contributed by atoms with E-state index in [0.29, 0.717) is 28.5 Å². The molecule has 0 unspecified atom stereocenters. The number of halogens is 1. The van der Waals surface area contributed by atoms with Gasteiger partial charge in [-0.25, -0.2) is 4.79 Å². The van der Waals surface area contributed by atoms with Gasteiger partial charge in [0.2, 0.25) is 0 Å². The Balaban J connectivity index is 1.75. The Hall–Kier alpha value is -3.52. The summed E-state index contributed by atoms with van der Waals surface area (Å²) in [6.45, 7) is 3.20. The molecule has 0 aliphatic heterocycles. The number of benzene rings is 2. The molecule has 1 amide bonds. The molecule has 1 aromatic heterocycles. The largest absolute Gasteiger partial charge is 0.452 e. The summed E-state index contributed by atoms with van der Waals surface area (Å²) in [7, 11) is 0. The maximum Gasteiger partial charge on any atom is 0.339 e. The van der Waals surface area contributed by atoms with Gasteiger partial charge < -0.3 is 10.1 Å². The molecule has 8 nitrogen and oxygen atoms in total. The van der Waals surface area contributed by atoms with Crippen LogP contribution >= 0.6 is 11.6 Å². The summed E-state index contributed by atoms with van der Waals surface area (Å²) >= 11 is 5.96. The van der Waals surface area contributed by atoms with E-state index in [9.17, 15) is 19.7 Å². The lowest BCUT2D eigenvalue weighted by Gasteiger charge is -2.13. The van der Waals surface area contributed by atoms with Gasteiger partial charge in [-0.15, -0.1) is 0 Å². The molecule has 0 fully saturated rings. The third kappa shape index (κ3) is 4.38. The number of esters is 1. The first kappa shape index (κ1) is 21.2. The molecular weight excluding hydrogens is 410 g/mol. The molecule has 0 saturated heterocycles. The molecule has 9 heteroatoms. The third-order valence-corrected chi connectivity index (χ3v) is 4.86. The maximum atomic E-state index is 12.8. The fourth-order valence-electron chi connectivity index (χ4n) is 3.07. The van der Waals surface area contributed by atoms with Crippen molar-refractivity contribution >= 4 is 45.8 Å². The van der Waals surface area contributed by atoms with Gasteiger partial charge >= 0.3 is 5.97 Å². The number of anilines is 1. The third-order valence-electron chi connectivity index (χ3n) is 4.55. The molecular formula is C21H18ClN3O5. The lowest BCUT2D eigenvalue weighted by Crippen LogP contribution is -2.22. The van der Waals surface area contributed by atoms with Gasteiger partial charge in [-0.3, -0.25) is 19.9 Å². The van der Waals surface area contributed by atoms with Crippen molar-refractivity contribution < 1.29 is 19.2 Å². The Morgan fingerprint density at radius 3 is 2.63 bits per heavy atom. The Labute approximate surface area is 177 Å². The van der Waals surface area contributed by atoms with E-state index in [2.05, 4.69) is 10.3 Å². The van der Waals surface area contributed by atoms with E-state index in [1.165, 1.54) is 12.1 Å². The molecule has 0 aliphatic rings. The number of nitro benzene ring substituents is 1. The minimum Gasteiger partial charge on any atom is -0.452 e. The van der Waals surface area contributed by atoms with Gasteiger partial charge in [-0.2, -0.15) is 0 Å². The van der Waals surface area contributed by atoms with E-state index >= 15 is 0 Å². The van der Waals surface area contributed by atoms with Crippen molar-refractivity contribution in [1.29, 1.82) is 0 Å². The monoisotopic (exact) mass is 427 g/mol. The number of amides is 1. The van der Waals surface area contributed by atoms with E-state index in [0.717, 1.165) is 11.8 Å². The number of hydrogen-bond donors (Lipinski definition) is 1. The van der Waals surface area contributed by atoms with Crippen LogP contribution in [-0.2, 0) is 16.0 Å². The molecule has 154 valence electrons. The van der Waals surface area contributed by atoms with Crippen LogP contribution in [0.4, 0.5) is 11.4 Å². The number of rotatable bonds is 6. The van der Waals surface area contributed by atoms with Crippen LogP contribution in [-0.4, -0.2) is 28.4 Å². The number of nitrogens with one attached hydrogen (secondary N) is 1. The maximum absolute atomic E-state index is 12.8. The highest BCUT2D eigenvalue weighted by Crippen LogP contribution is 2.27. The van der Waals surface area contributed by atoms with Gasteiger partial charge in [0, 0.05) is 23.2 Å². The quantitative estimate of drug-likeness (QED) is 0.353. The minimum absolute atomic E-state index is 0.00689. The Morgan fingerprint density at radius 1 is 1.23 bits per heavy atom. The van der Waals surface area contributed by atoms with Crippen LogP contribution in [0, 0.1) is 17.0 Å². The molecule has 2 aromatic carbocycles. The van der Waals surface area contributed by atoms with Crippen molar-refractivity contribution in [3.8, 4) is 0 Å². The summed E-state index contributed by atoms with van der Waals surface area (Å²) in [4.78, 5) is 39.7. The highest BCUT2D eigenvalue weighted by atomic mass is 35.5. The molecule has 0 saturated carbocycles. The van der Waals surface area contributed by atoms with E-state index in [4.69, 9.17) is 16.3 Å². The number of aromatic nitrogens is 1. The van der Waals surface area contributed by atoms with Crippen LogP contribution in [0.15, 0.2) is 42.5 Å². The second kappa shape index (κ2) is 8.87. The molecule has 0 bridgehead atoms. The number of non-ortho nitro benzene ring substituents is 1. The molecule has 3 aromatic rings. The first-order valence-corrected chi connectivity index (χ1v) is 9.48. The fourth-order valence-corrected chi connectivity index (χ4v) is 3.30. The van der Waals surface area contributed by atoms with Crippen molar-refractivity contribution in [3.05, 3.63) is 74.4 Å². The van der Waals surface area contributed by atoms with Crippen LogP contribution in [0.25, 0.3) is 10.9 Å². The van der Waals surface area contributed by atoms with E-state index < -0.39 is 23.4 Å². The normalized spacial score (nSPS) is 10.6. The summed E-state index contributed by atoms with van der Waals surface area (Å²) in [5, 5.41) is 13.9. The van der Waals surface area contributed by atoms with Crippen LogP contribution in [0.2, 0.25) is 5.02 Å². The van der Waals surface area contributed by atoms with Crippen molar-refractivity contribution in [2.24, 2.45) is 0 Å². The minimum atomic E-state index is -0.634. The number of hydrogen-bond acceptors (Lipinski definition) is 6. The number of nitro groups is 1. The average molecular weight is 428 g/mol. The number of pyridine rings is 1. The van der Waals surface area contributed by atoms with Crippen LogP contribution in [0.3, 0.4) is 0 Å². The fraction of sp³-hybridized carbons (Fsp3) is 0.190. The second-order valence-electron chi connectivity index (χ2n) is 6.47. The van der Waals surface area contributed by atoms with Crippen molar-refractivity contribution in [1.82, 2.24) is 4.98 Å². The average Bonchev–Trinajstić information content (AvgIpc) is 2.72. The number of fused-ring (bicyclic) bond motifs is 1. The van der Waals surface area contributed by atoms with Crippen molar-refractivity contribution in [2.45, 2.75) is 20.3 Å². The lowest BCUT2D eigenvalue weighted by molar-refractivity contribution is -0.384. The SMILES string of the molecule is CCc1nc2ccccc2c(C(=O)OCC(=O)Nc2ccc([N+](=O)[O-])cc2Cl)c1C. The van der Waals surface area contributed by atoms with Crippen LogP contribution in [0.1, 0.15) is 28.5 Å². The Kier molecular flexibility index (Phi) is 6.27. The van der Waals surface area contributed by atoms with Crippen LogP contribution < -0.4 is 5.32 Å². The number of aryl methyl sites for hydroxylation is 1. The van der Waals surface area contributed by atoms with Gasteiger partial charge in [0.1, 0.15) is 0 Å². The summed E-state index contributed by atoms with van der Waals surface area (Å²) < 4.78 is 5.22. The van der Waals surface area contributed by atoms with Crippen molar-refractivity contribution in [2.75, 3.05) is 11.9 Å². The molecule has 0 aliphatic carbocycles. The van der Waals surface area contributed by atoms with Gasteiger partial charge in [-0.05, 0) is 31.0 Å². The zero-order chi connectivity index (χ0) is 21.8. The standard InChI is InChI=1S/C21H18ClN3O5/c1-3-16-12(2)20(14-6-4-5-7-17(14)23-16)21(27)30-11-19(26)24-18-9-8-13(25(28)29)10-15(18)22/h4-10H,3,11H2,1-2H3,(H,24,26). The highest BCUT2D eigenvalue weighted by Gasteiger charge is 2.20. The van der Waals surface area contributed by atoms with E-state index in [-0.39, 0.29) is 16.4 Å². The first-order valence-electron chi connectivity index (χ1n) is 9.11. The predicted octanol–water partition coefficient (Wildman–Crippen LogP) is 4.46.